The van der Waals surface area contributed by atoms with Gasteiger partial charge in [0.15, 0.2) is 0 Å². The Morgan fingerprint density at radius 1 is 1.54 bits per heavy atom. The zero-order valence-corrected chi connectivity index (χ0v) is 9.40. The van der Waals surface area contributed by atoms with Crippen LogP contribution in [0.25, 0.3) is 0 Å². The molecule has 1 saturated carbocycles. The second-order valence-electron chi connectivity index (χ2n) is 4.25. The van der Waals surface area contributed by atoms with Crippen molar-refractivity contribution in [1.82, 2.24) is 5.32 Å². The maximum Gasteiger partial charge on any atom is 0.0173 e. The molecule has 0 bridgehead atoms. The average Bonchev–Trinajstić information content (AvgIpc) is 2.52. The van der Waals surface area contributed by atoms with Crippen LogP contribution in [-0.4, -0.2) is 13.1 Å². The molecule has 2 heteroatoms. The summed E-state index contributed by atoms with van der Waals surface area (Å²) in [6.07, 6.45) is 4.23. The highest BCUT2D eigenvalue weighted by atomic mass is 35.5. The topological polar surface area (TPSA) is 12.0 Å². The Bertz CT molecular complexity index is 177. The Labute approximate surface area is 86.5 Å². The highest BCUT2D eigenvalue weighted by Gasteiger charge is 2.22. The molecule has 1 rings (SSSR count). The third-order valence-electron chi connectivity index (χ3n) is 3.04. The molecule has 1 aliphatic carbocycles. The van der Waals surface area contributed by atoms with E-state index in [1.54, 1.807) is 5.54 Å². The Kier molecular flexibility index (Phi) is 4.82. The van der Waals surface area contributed by atoms with Crippen molar-refractivity contribution in [3.63, 3.8) is 0 Å². The highest BCUT2D eigenvalue weighted by molar-refractivity contribution is 6.25. The fraction of sp³-hybridized carbons (Fsp3) is 0.818. The first-order chi connectivity index (χ1) is 6.24. The van der Waals surface area contributed by atoms with Crippen LogP contribution in [0.3, 0.4) is 0 Å². The molecule has 0 amide bonds. The number of nitrogens with one attached hydrogen (secondary N) is 1. The Balaban J connectivity index is 2.12. The predicted octanol–water partition coefficient (Wildman–Crippen LogP) is 3.15. The molecular formula is C11H20ClN. The summed E-state index contributed by atoms with van der Waals surface area (Å²) >= 11 is 5.57. The van der Waals surface area contributed by atoms with E-state index in [1.807, 2.05) is 0 Å². The van der Waals surface area contributed by atoms with E-state index in [-0.39, 0.29) is 0 Å². The molecule has 0 saturated heterocycles. The van der Waals surface area contributed by atoms with Gasteiger partial charge in [0.05, 0.1) is 0 Å². The van der Waals surface area contributed by atoms with Crippen molar-refractivity contribution in [2.75, 3.05) is 13.1 Å². The first kappa shape index (κ1) is 11.1. The minimum Gasteiger partial charge on any atom is -0.313 e. The van der Waals surface area contributed by atoms with Crippen LogP contribution in [0.5, 0.6) is 0 Å². The van der Waals surface area contributed by atoms with Crippen molar-refractivity contribution in [3.8, 4) is 0 Å². The third kappa shape index (κ3) is 3.70. The van der Waals surface area contributed by atoms with Crippen molar-refractivity contribution < 1.29 is 0 Å². The van der Waals surface area contributed by atoms with Gasteiger partial charge in [-0.05, 0) is 37.3 Å². The van der Waals surface area contributed by atoms with E-state index in [9.17, 15) is 0 Å². The van der Waals surface area contributed by atoms with E-state index in [2.05, 4.69) is 19.2 Å². The van der Waals surface area contributed by atoms with Crippen LogP contribution in [0.4, 0.5) is 0 Å². The molecule has 2 atom stereocenters. The molecule has 0 aromatic heterocycles. The molecule has 0 aromatic carbocycles. The van der Waals surface area contributed by atoms with Crippen molar-refractivity contribution in [2.24, 2.45) is 11.8 Å². The highest BCUT2D eigenvalue weighted by Crippen LogP contribution is 2.30. The summed E-state index contributed by atoms with van der Waals surface area (Å²) in [6, 6.07) is 0. The van der Waals surface area contributed by atoms with Crippen molar-refractivity contribution in [2.45, 2.75) is 33.1 Å². The molecule has 1 N–H and O–H groups in total. The van der Waals surface area contributed by atoms with Crippen LogP contribution in [-0.2, 0) is 0 Å². The van der Waals surface area contributed by atoms with Crippen LogP contribution in [0, 0.1) is 11.8 Å². The number of rotatable bonds is 4. The molecule has 1 fully saturated rings. The second-order valence-corrected chi connectivity index (χ2v) is 4.47. The molecular weight excluding hydrogens is 182 g/mol. The monoisotopic (exact) mass is 201 g/mol. The van der Waals surface area contributed by atoms with Gasteiger partial charge in [-0.15, -0.1) is 0 Å². The Morgan fingerprint density at radius 3 is 2.85 bits per heavy atom. The first-order valence-electron chi connectivity index (χ1n) is 5.20. The average molecular weight is 202 g/mol. The van der Waals surface area contributed by atoms with Gasteiger partial charge in [-0.3, -0.25) is 0 Å². The van der Waals surface area contributed by atoms with Crippen molar-refractivity contribution in [1.29, 1.82) is 0 Å². The number of hydrogen-bond donors (Lipinski definition) is 1. The number of hydrogen-bond acceptors (Lipinski definition) is 1. The van der Waals surface area contributed by atoms with Crippen LogP contribution in [0.1, 0.15) is 33.1 Å². The SMILES string of the molecule is CC(=CCl)CNCC1CCCC1C. The van der Waals surface area contributed by atoms with Gasteiger partial charge in [-0.2, -0.15) is 0 Å². The first-order valence-corrected chi connectivity index (χ1v) is 5.64. The standard InChI is InChI=1S/C11H20ClN/c1-9(6-12)7-13-8-11-5-3-4-10(11)2/h6,10-11,13H,3-5,7-8H2,1-2H3. The maximum absolute atomic E-state index is 5.57. The van der Waals surface area contributed by atoms with Gasteiger partial charge in [0.1, 0.15) is 0 Å². The molecule has 2 unspecified atom stereocenters. The van der Waals surface area contributed by atoms with Gasteiger partial charge in [-0.1, -0.05) is 31.4 Å². The van der Waals surface area contributed by atoms with E-state index >= 15 is 0 Å². The molecule has 0 aliphatic heterocycles. The molecule has 0 spiro atoms. The lowest BCUT2D eigenvalue weighted by atomic mass is 9.98. The molecule has 13 heavy (non-hydrogen) atoms. The summed E-state index contributed by atoms with van der Waals surface area (Å²) in [4.78, 5) is 0. The van der Waals surface area contributed by atoms with Crippen molar-refractivity contribution in [3.05, 3.63) is 11.1 Å². The van der Waals surface area contributed by atoms with E-state index in [0.717, 1.165) is 24.9 Å². The Morgan fingerprint density at radius 2 is 2.31 bits per heavy atom. The van der Waals surface area contributed by atoms with Gasteiger partial charge in [-0.25, -0.2) is 0 Å². The predicted molar refractivity (Wildman–Crippen MR) is 59.0 cm³/mol. The quantitative estimate of drug-likeness (QED) is 0.737. The fourth-order valence-electron chi connectivity index (χ4n) is 2.02. The van der Waals surface area contributed by atoms with Crippen molar-refractivity contribution >= 4 is 11.6 Å². The van der Waals surface area contributed by atoms with Gasteiger partial charge in [0.2, 0.25) is 0 Å². The molecule has 76 valence electrons. The lowest BCUT2D eigenvalue weighted by Crippen LogP contribution is -2.25. The minimum atomic E-state index is 0.892. The van der Waals surface area contributed by atoms with Crippen LogP contribution in [0.2, 0.25) is 0 Å². The lowest BCUT2D eigenvalue weighted by molar-refractivity contribution is 0.398. The summed E-state index contributed by atoms with van der Waals surface area (Å²) in [7, 11) is 0. The summed E-state index contributed by atoms with van der Waals surface area (Å²) in [5.74, 6) is 1.80. The summed E-state index contributed by atoms with van der Waals surface area (Å²) in [5.41, 5.74) is 2.87. The largest absolute Gasteiger partial charge is 0.313 e. The normalized spacial score (nSPS) is 29.6. The Hall–Kier alpha value is -0.0100. The van der Waals surface area contributed by atoms with E-state index < -0.39 is 0 Å². The summed E-state index contributed by atoms with van der Waals surface area (Å²) in [5, 5.41) is 3.46. The summed E-state index contributed by atoms with van der Waals surface area (Å²) in [6.45, 7) is 6.51. The lowest BCUT2D eigenvalue weighted by Gasteiger charge is -2.15. The molecule has 0 heterocycles. The third-order valence-corrected chi connectivity index (χ3v) is 3.41. The molecule has 1 aliphatic rings. The zero-order valence-electron chi connectivity index (χ0n) is 8.65. The van der Waals surface area contributed by atoms with Crippen LogP contribution in [0.15, 0.2) is 11.1 Å². The van der Waals surface area contributed by atoms with Gasteiger partial charge in [0.25, 0.3) is 0 Å². The number of halogens is 1. The fourth-order valence-corrected chi connectivity index (χ4v) is 2.10. The second kappa shape index (κ2) is 5.66. The minimum absolute atomic E-state index is 0.892. The maximum atomic E-state index is 5.57. The van der Waals surface area contributed by atoms with Crippen LogP contribution >= 0.6 is 11.6 Å². The van der Waals surface area contributed by atoms with Gasteiger partial charge < -0.3 is 5.32 Å². The molecule has 1 nitrogen and oxygen atoms in total. The van der Waals surface area contributed by atoms with Gasteiger partial charge >= 0.3 is 0 Å². The molecule has 0 aromatic rings. The van der Waals surface area contributed by atoms with Crippen LogP contribution < -0.4 is 5.32 Å². The van der Waals surface area contributed by atoms with Gasteiger partial charge in [0, 0.05) is 12.1 Å². The van der Waals surface area contributed by atoms with E-state index in [4.69, 9.17) is 11.6 Å². The van der Waals surface area contributed by atoms with E-state index in [0.29, 0.717) is 0 Å². The van der Waals surface area contributed by atoms with E-state index in [1.165, 1.54) is 24.8 Å². The zero-order chi connectivity index (χ0) is 9.68. The summed E-state index contributed by atoms with van der Waals surface area (Å²) < 4.78 is 0. The molecule has 0 radical (unpaired) electrons. The smallest absolute Gasteiger partial charge is 0.0173 e.